The fourth-order valence-corrected chi connectivity index (χ4v) is 4.18. The summed E-state index contributed by atoms with van der Waals surface area (Å²) in [4.78, 5) is 0. The van der Waals surface area contributed by atoms with Crippen LogP contribution in [0.2, 0.25) is 0 Å². The van der Waals surface area contributed by atoms with Crippen molar-refractivity contribution in [1.29, 1.82) is 0 Å². The van der Waals surface area contributed by atoms with E-state index in [0.29, 0.717) is 11.5 Å². The minimum absolute atomic E-state index is 0.401. The first-order valence-corrected chi connectivity index (χ1v) is 8.13. The Balaban J connectivity index is 2.23. The van der Waals surface area contributed by atoms with Gasteiger partial charge >= 0.3 is 0 Å². The highest BCUT2D eigenvalue weighted by Gasteiger charge is 2.32. The third kappa shape index (κ3) is 2.85. The van der Waals surface area contributed by atoms with Gasteiger partial charge in [0.05, 0.1) is 0 Å². The number of rotatable bonds is 3. The van der Waals surface area contributed by atoms with Crippen LogP contribution in [0.15, 0.2) is 18.2 Å². The van der Waals surface area contributed by atoms with Crippen LogP contribution in [0.5, 0.6) is 0 Å². The summed E-state index contributed by atoms with van der Waals surface area (Å²) in [6.45, 7) is 9.24. The SMILES string of the molecule is CCc1cccc(C)c1NC1CSCCC1(C)C. The fourth-order valence-electron chi connectivity index (χ4n) is 2.58. The second kappa shape index (κ2) is 5.56. The van der Waals surface area contributed by atoms with Crippen molar-refractivity contribution in [3.63, 3.8) is 0 Å². The molecule has 1 heterocycles. The van der Waals surface area contributed by atoms with Gasteiger partial charge in [-0.1, -0.05) is 39.0 Å². The van der Waals surface area contributed by atoms with E-state index in [4.69, 9.17) is 0 Å². The zero-order chi connectivity index (χ0) is 13.2. The van der Waals surface area contributed by atoms with E-state index in [1.165, 1.54) is 34.7 Å². The number of aryl methyl sites for hydroxylation is 2. The molecule has 0 aromatic heterocycles. The number of para-hydroxylation sites is 1. The van der Waals surface area contributed by atoms with Gasteiger partial charge in [-0.25, -0.2) is 0 Å². The molecule has 0 spiro atoms. The molecule has 1 atom stereocenters. The minimum atomic E-state index is 0.401. The average Bonchev–Trinajstić information content (AvgIpc) is 2.33. The smallest absolute Gasteiger partial charge is 0.0404 e. The molecule has 0 amide bonds. The molecule has 1 aliphatic heterocycles. The lowest BCUT2D eigenvalue weighted by Gasteiger charge is -2.40. The molecule has 100 valence electrons. The molecule has 1 unspecified atom stereocenters. The molecule has 0 bridgehead atoms. The number of benzene rings is 1. The first-order valence-electron chi connectivity index (χ1n) is 6.97. The third-order valence-electron chi connectivity index (χ3n) is 4.18. The van der Waals surface area contributed by atoms with Crippen molar-refractivity contribution in [2.45, 2.75) is 46.6 Å². The molecule has 0 aliphatic carbocycles. The maximum atomic E-state index is 3.84. The summed E-state index contributed by atoms with van der Waals surface area (Å²) < 4.78 is 0. The van der Waals surface area contributed by atoms with Crippen molar-refractivity contribution < 1.29 is 0 Å². The zero-order valence-corrected chi connectivity index (χ0v) is 12.9. The normalized spacial score (nSPS) is 22.8. The fraction of sp³-hybridized carbons (Fsp3) is 0.625. The summed E-state index contributed by atoms with van der Waals surface area (Å²) in [5.74, 6) is 2.53. The predicted molar refractivity (Wildman–Crippen MR) is 83.7 cm³/mol. The van der Waals surface area contributed by atoms with Crippen LogP contribution in [-0.2, 0) is 6.42 Å². The molecule has 1 nitrogen and oxygen atoms in total. The Bertz CT molecular complexity index is 412. The van der Waals surface area contributed by atoms with E-state index in [2.05, 4.69) is 63.0 Å². The highest BCUT2D eigenvalue weighted by atomic mass is 32.2. The molecule has 0 radical (unpaired) electrons. The van der Waals surface area contributed by atoms with Crippen LogP contribution in [0.3, 0.4) is 0 Å². The maximum Gasteiger partial charge on any atom is 0.0404 e. The summed E-state index contributed by atoms with van der Waals surface area (Å²) in [6, 6.07) is 7.21. The zero-order valence-electron chi connectivity index (χ0n) is 12.0. The van der Waals surface area contributed by atoms with Gasteiger partial charge in [-0.3, -0.25) is 0 Å². The van der Waals surface area contributed by atoms with E-state index < -0.39 is 0 Å². The van der Waals surface area contributed by atoms with Gasteiger partial charge in [-0.15, -0.1) is 0 Å². The Morgan fingerprint density at radius 3 is 2.83 bits per heavy atom. The second-order valence-corrected chi connectivity index (χ2v) is 7.12. The van der Waals surface area contributed by atoms with Crippen molar-refractivity contribution in [3.05, 3.63) is 29.3 Å². The van der Waals surface area contributed by atoms with Gasteiger partial charge in [-0.05, 0) is 42.1 Å². The molecule has 1 N–H and O–H groups in total. The third-order valence-corrected chi connectivity index (χ3v) is 5.24. The maximum absolute atomic E-state index is 3.84. The Morgan fingerprint density at radius 2 is 2.17 bits per heavy atom. The Labute approximate surface area is 116 Å². The molecule has 1 fully saturated rings. The number of hydrogen-bond acceptors (Lipinski definition) is 2. The highest BCUT2D eigenvalue weighted by Crippen LogP contribution is 2.37. The minimum Gasteiger partial charge on any atom is -0.381 e. The van der Waals surface area contributed by atoms with Gasteiger partial charge < -0.3 is 5.32 Å². The van der Waals surface area contributed by atoms with E-state index in [1.807, 2.05) is 0 Å². The Kier molecular flexibility index (Phi) is 4.26. The quantitative estimate of drug-likeness (QED) is 0.861. The van der Waals surface area contributed by atoms with Gasteiger partial charge in [0.1, 0.15) is 0 Å². The molecule has 1 aromatic rings. The van der Waals surface area contributed by atoms with E-state index in [1.54, 1.807) is 0 Å². The lowest BCUT2D eigenvalue weighted by Crippen LogP contribution is -2.42. The van der Waals surface area contributed by atoms with Crippen molar-refractivity contribution in [2.75, 3.05) is 16.8 Å². The van der Waals surface area contributed by atoms with Gasteiger partial charge in [0.25, 0.3) is 0 Å². The highest BCUT2D eigenvalue weighted by molar-refractivity contribution is 7.99. The van der Waals surface area contributed by atoms with E-state index in [9.17, 15) is 0 Å². The largest absolute Gasteiger partial charge is 0.381 e. The van der Waals surface area contributed by atoms with Gasteiger partial charge in [0.15, 0.2) is 0 Å². The first kappa shape index (κ1) is 13.8. The van der Waals surface area contributed by atoms with Crippen molar-refractivity contribution in [2.24, 2.45) is 5.41 Å². The van der Waals surface area contributed by atoms with Crippen molar-refractivity contribution >= 4 is 17.4 Å². The number of hydrogen-bond donors (Lipinski definition) is 1. The molecule has 2 heteroatoms. The van der Waals surface area contributed by atoms with Crippen LogP contribution >= 0.6 is 11.8 Å². The molecular weight excluding hydrogens is 238 g/mol. The molecule has 1 saturated heterocycles. The summed E-state index contributed by atoms with van der Waals surface area (Å²) in [5, 5.41) is 3.84. The second-order valence-electron chi connectivity index (χ2n) is 5.97. The van der Waals surface area contributed by atoms with Crippen molar-refractivity contribution in [1.82, 2.24) is 0 Å². The van der Waals surface area contributed by atoms with Gasteiger partial charge in [0, 0.05) is 17.5 Å². The summed E-state index contributed by atoms with van der Waals surface area (Å²) in [7, 11) is 0. The van der Waals surface area contributed by atoms with Crippen LogP contribution in [0.1, 0.15) is 38.3 Å². The molecule has 18 heavy (non-hydrogen) atoms. The average molecular weight is 263 g/mol. The van der Waals surface area contributed by atoms with Gasteiger partial charge in [0.2, 0.25) is 0 Å². The predicted octanol–water partition coefficient (Wildman–Crippen LogP) is 4.50. The van der Waals surface area contributed by atoms with Crippen LogP contribution in [0.4, 0.5) is 5.69 Å². The number of nitrogens with one attached hydrogen (secondary N) is 1. The molecule has 1 aliphatic rings. The Morgan fingerprint density at radius 1 is 1.39 bits per heavy atom. The topological polar surface area (TPSA) is 12.0 Å². The molecule has 1 aromatic carbocycles. The lowest BCUT2D eigenvalue weighted by molar-refractivity contribution is 0.305. The Hall–Kier alpha value is -0.630. The molecule has 0 saturated carbocycles. The summed E-state index contributed by atoms with van der Waals surface area (Å²) in [5.41, 5.74) is 4.60. The standard InChI is InChI=1S/C16H25NS/c1-5-13-8-6-7-12(2)15(13)17-14-11-18-10-9-16(14,3)4/h6-8,14,17H,5,9-11H2,1-4H3. The van der Waals surface area contributed by atoms with Crippen LogP contribution < -0.4 is 5.32 Å². The van der Waals surface area contributed by atoms with Gasteiger partial charge in [-0.2, -0.15) is 11.8 Å². The van der Waals surface area contributed by atoms with E-state index in [0.717, 1.165) is 6.42 Å². The summed E-state index contributed by atoms with van der Waals surface area (Å²) >= 11 is 2.08. The van der Waals surface area contributed by atoms with Crippen LogP contribution in [0.25, 0.3) is 0 Å². The number of thioether (sulfide) groups is 1. The lowest BCUT2D eigenvalue weighted by atomic mass is 9.82. The van der Waals surface area contributed by atoms with Crippen molar-refractivity contribution in [3.8, 4) is 0 Å². The number of anilines is 1. The van der Waals surface area contributed by atoms with E-state index >= 15 is 0 Å². The monoisotopic (exact) mass is 263 g/mol. The van der Waals surface area contributed by atoms with Crippen LogP contribution in [0, 0.1) is 12.3 Å². The van der Waals surface area contributed by atoms with E-state index in [-0.39, 0.29) is 0 Å². The molecule has 2 rings (SSSR count). The summed E-state index contributed by atoms with van der Waals surface area (Å²) in [6.07, 6.45) is 2.41. The first-order chi connectivity index (χ1) is 8.54. The van der Waals surface area contributed by atoms with Crippen LogP contribution in [-0.4, -0.2) is 17.5 Å². The molecular formula is C16H25NS.